The smallest absolute Gasteiger partial charge is 0.277 e. The van der Waals surface area contributed by atoms with Gasteiger partial charge in [-0.05, 0) is 18.2 Å². The molecule has 122 valence electrons. The predicted octanol–water partition coefficient (Wildman–Crippen LogP) is 4.73. The van der Waals surface area contributed by atoms with E-state index in [2.05, 4.69) is 10.2 Å². The second-order valence-corrected chi connectivity index (χ2v) is 6.00. The number of benzene rings is 2. The number of nitro benzene ring substituents is 1. The van der Waals surface area contributed by atoms with Gasteiger partial charge in [0.05, 0.1) is 4.92 Å². The lowest BCUT2D eigenvalue weighted by Gasteiger charge is -2.02. The molecular formula is C15H9ClFN3O3S. The molecule has 0 atom stereocenters. The molecule has 0 amide bonds. The number of non-ortho nitro benzene ring substituents is 1. The van der Waals surface area contributed by atoms with Gasteiger partial charge in [-0.1, -0.05) is 35.5 Å². The van der Waals surface area contributed by atoms with Crippen molar-refractivity contribution in [3.8, 4) is 11.5 Å². The van der Waals surface area contributed by atoms with E-state index in [1.165, 1.54) is 30.3 Å². The van der Waals surface area contributed by atoms with Crippen molar-refractivity contribution in [2.24, 2.45) is 0 Å². The number of nitro groups is 1. The first-order valence-electron chi connectivity index (χ1n) is 6.68. The largest absolute Gasteiger partial charge is 0.411 e. The summed E-state index contributed by atoms with van der Waals surface area (Å²) in [5, 5.41) is 19.0. The molecular weight excluding hydrogens is 357 g/mol. The Morgan fingerprint density at radius 3 is 2.79 bits per heavy atom. The van der Waals surface area contributed by atoms with Gasteiger partial charge in [0.2, 0.25) is 5.89 Å². The van der Waals surface area contributed by atoms with Crippen LogP contribution in [-0.4, -0.2) is 15.1 Å². The zero-order valence-electron chi connectivity index (χ0n) is 12.0. The van der Waals surface area contributed by atoms with E-state index >= 15 is 0 Å². The van der Waals surface area contributed by atoms with Crippen LogP contribution in [-0.2, 0) is 5.75 Å². The number of thioether (sulfide) groups is 1. The van der Waals surface area contributed by atoms with Crippen molar-refractivity contribution in [1.29, 1.82) is 0 Å². The van der Waals surface area contributed by atoms with Crippen molar-refractivity contribution < 1.29 is 13.7 Å². The van der Waals surface area contributed by atoms with Gasteiger partial charge in [-0.2, -0.15) is 0 Å². The van der Waals surface area contributed by atoms with Crippen LogP contribution in [0.2, 0.25) is 5.02 Å². The first kappa shape index (κ1) is 16.4. The van der Waals surface area contributed by atoms with Gasteiger partial charge in [0.15, 0.2) is 0 Å². The quantitative estimate of drug-likeness (QED) is 0.369. The number of hydrogen-bond acceptors (Lipinski definition) is 6. The summed E-state index contributed by atoms with van der Waals surface area (Å²) in [6.45, 7) is 0. The Hall–Kier alpha value is -2.45. The molecule has 0 N–H and O–H groups in total. The van der Waals surface area contributed by atoms with Crippen molar-refractivity contribution in [3.05, 3.63) is 69.0 Å². The Morgan fingerprint density at radius 2 is 2.04 bits per heavy atom. The molecule has 0 saturated heterocycles. The normalized spacial score (nSPS) is 10.8. The first-order valence-corrected chi connectivity index (χ1v) is 8.05. The number of rotatable bonds is 5. The second kappa shape index (κ2) is 6.98. The van der Waals surface area contributed by atoms with Crippen molar-refractivity contribution in [1.82, 2.24) is 10.2 Å². The maximum Gasteiger partial charge on any atom is 0.277 e. The van der Waals surface area contributed by atoms with Crippen molar-refractivity contribution in [2.45, 2.75) is 11.0 Å². The Morgan fingerprint density at radius 1 is 1.25 bits per heavy atom. The van der Waals surface area contributed by atoms with Crippen LogP contribution in [0.4, 0.5) is 10.1 Å². The van der Waals surface area contributed by atoms with Crippen LogP contribution in [0.1, 0.15) is 5.56 Å². The molecule has 0 bridgehead atoms. The molecule has 1 heterocycles. The van der Waals surface area contributed by atoms with Gasteiger partial charge < -0.3 is 4.42 Å². The minimum Gasteiger partial charge on any atom is -0.411 e. The highest BCUT2D eigenvalue weighted by Gasteiger charge is 2.14. The van der Waals surface area contributed by atoms with E-state index in [9.17, 15) is 14.5 Å². The molecule has 0 aliphatic carbocycles. The molecule has 0 aliphatic heterocycles. The van der Waals surface area contributed by atoms with E-state index in [1.54, 1.807) is 12.1 Å². The molecule has 0 fully saturated rings. The highest BCUT2D eigenvalue weighted by Crippen LogP contribution is 2.30. The van der Waals surface area contributed by atoms with E-state index in [0.717, 1.165) is 11.8 Å². The summed E-state index contributed by atoms with van der Waals surface area (Å²) in [7, 11) is 0. The van der Waals surface area contributed by atoms with Crippen molar-refractivity contribution >= 4 is 29.1 Å². The van der Waals surface area contributed by atoms with Crippen LogP contribution in [0, 0.1) is 15.9 Å². The number of aromatic nitrogens is 2. The van der Waals surface area contributed by atoms with Crippen LogP contribution >= 0.6 is 23.4 Å². The number of nitrogens with zero attached hydrogens (tertiary/aromatic N) is 3. The third kappa shape index (κ3) is 3.55. The SMILES string of the molecule is O=[N+]([O-])c1cccc(-c2nnc(SCc3c(F)cccc3Cl)o2)c1. The highest BCUT2D eigenvalue weighted by atomic mass is 35.5. The molecule has 0 saturated carbocycles. The van der Waals surface area contributed by atoms with Gasteiger partial charge in [-0.15, -0.1) is 10.2 Å². The van der Waals surface area contributed by atoms with E-state index in [0.29, 0.717) is 16.1 Å². The summed E-state index contributed by atoms with van der Waals surface area (Å²) >= 11 is 7.09. The molecule has 0 radical (unpaired) electrons. The molecule has 0 spiro atoms. The lowest BCUT2D eigenvalue weighted by Crippen LogP contribution is -1.88. The molecule has 1 aromatic heterocycles. The summed E-state index contributed by atoms with van der Waals surface area (Å²) in [5.74, 6) is -0.0310. The minimum absolute atomic E-state index is 0.0713. The minimum atomic E-state index is -0.504. The molecule has 0 unspecified atom stereocenters. The molecule has 9 heteroatoms. The molecule has 6 nitrogen and oxygen atoms in total. The Kier molecular flexibility index (Phi) is 4.77. The maximum atomic E-state index is 13.7. The topological polar surface area (TPSA) is 82.1 Å². The monoisotopic (exact) mass is 365 g/mol. The van der Waals surface area contributed by atoms with E-state index in [4.69, 9.17) is 16.0 Å². The van der Waals surface area contributed by atoms with Crippen LogP contribution < -0.4 is 0 Å². The molecule has 2 aromatic carbocycles. The third-order valence-corrected chi connectivity index (χ3v) is 4.31. The van der Waals surface area contributed by atoms with Crippen molar-refractivity contribution in [2.75, 3.05) is 0 Å². The zero-order valence-corrected chi connectivity index (χ0v) is 13.6. The van der Waals surface area contributed by atoms with Crippen LogP contribution in [0.3, 0.4) is 0 Å². The average Bonchev–Trinajstić information content (AvgIpc) is 3.03. The fraction of sp³-hybridized carbons (Fsp3) is 0.0667. The fourth-order valence-electron chi connectivity index (χ4n) is 1.94. The lowest BCUT2D eigenvalue weighted by atomic mass is 10.2. The fourth-order valence-corrected chi connectivity index (χ4v) is 3.05. The van der Waals surface area contributed by atoms with Gasteiger partial charge in [0.25, 0.3) is 10.9 Å². The summed E-state index contributed by atoms with van der Waals surface area (Å²) in [6, 6.07) is 10.3. The summed E-state index contributed by atoms with van der Waals surface area (Å²) in [6.07, 6.45) is 0. The number of hydrogen-bond donors (Lipinski definition) is 0. The van der Waals surface area contributed by atoms with Crippen LogP contribution in [0.25, 0.3) is 11.5 Å². The Bertz CT molecular complexity index is 883. The molecule has 0 aliphatic rings. The Labute approximate surface area is 144 Å². The van der Waals surface area contributed by atoms with E-state index in [-0.39, 0.29) is 22.6 Å². The summed E-state index contributed by atoms with van der Waals surface area (Å²) < 4.78 is 19.2. The zero-order chi connectivity index (χ0) is 17.1. The predicted molar refractivity (Wildman–Crippen MR) is 87.4 cm³/mol. The lowest BCUT2D eigenvalue weighted by molar-refractivity contribution is -0.384. The summed E-state index contributed by atoms with van der Waals surface area (Å²) in [5.41, 5.74) is 0.713. The van der Waals surface area contributed by atoms with Gasteiger partial charge in [-0.3, -0.25) is 10.1 Å². The number of halogens is 2. The molecule has 24 heavy (non-hydrogen) atoms. The second-order valence-electron chi connectivity index (χ2n) is 4.67. The van der Waals surface area contributed by atoms with Gasteiger partial charge in [0.1, 0.15) is 5.82 Å². The molecule has 3 rings (SSSR count). The standard InChI is InChI=1S/C15H9ClFN3O3S/c16-12-5-2-6-13(17)11(12)8-24-15-19-18-14(23-15)9-3-1-4-10(7-9)20(21)22/h1-7H,8H2. The van der Waals surface area contributed by atoms with Crippen LogP contribution in [0.5, 0.6) is 0 Å². The van der Waals surface area contributed by atoms with E-state index < -0.39 is 10.7 Å². The van der Waals surface area contributed by atoms with Gasteiger partial charge in [-0.25, -0.2) is 4.39 Å². The average molecular weight is 366 g/mol. The summed E-state index contributed by atoms with van der Waals surface area (Å²) in [4.78, 5) is 10.3. The maximum absolute atomic E-state index is 13.7. The van der Waals surface area contributed by atoms with Gasteiger partial charge in [0, 0.05) is 34.0 Å². The van der Waals surface area contributed by atoms with Gasteiger partial charge >= 0.3 is 0 Å². The highest BCUT2D eigenvalue weighted by molar-refractivity contribution is 7.98. The molecule has 3 aromatic rings. The van der Waals surface area contributed by atoms with Crippen LogP contribution in [0.15, 0.2) is 52.1 Å². The first-order chi connectivity index (χ1) is 11.5. The van der Waals surface area contributed by atoms with E-state index in [1.807, 2.05) is 0 Å². The van der Waals surface area contributed by atoms with Crippen molar-refractivity contribution in [3.63, 3.8) is 0 Å². The Balaban J connectivity index is 1.76. The third-order valence-electron chi connectivity index (χ3n) is 3.11.